The normalized spacial score (nSPS) is 20.8. The van der Waals surface area contributed by atoms with Crippen molar-refractivity contribution in [3.05, 3.63) is 11.5 Å². The highest BCUT2D eigenvalue weighted by Crippen LogP contribution is 2.29. The van der Waals surface area contributed by atoms with Crippen LogP contribution < -0.4 is 5.32 Å². The zero-order chi connectivity index (χ0) is 9.26. The summed E-state index contributed by atoms with van der Waals surface area (Å²) in [7, 11) is 0. The number of ether oxygens (including phenoxy) is 1. The van der Waals surface area contributed by atoms with Gasteiger partial charge in [-0.2, -0.15) is 5.26 Å². The Balaban J connectivity index is 2.00. The summed E-state index contributed by atoms with van der Waals surface area (Å²) in [5, 5.41) is 11.3. The Bertz CT molecular complexity index is 310. The molecule has 2 rings (SSSR count). The largest absolute Gasteiger partial charge is 0.478 e. The van der Waals surface area contributed by atoms with Gasteiger partial charge in [-0.05, 0) is 12.8 Å². The minimum Gasteiger partial charge on any atom is -0.478 e. The van der Waals surface area contributed by atoms with Gasteiger partial charge < -0.3 is 4.74 Å². The van der Waals surface area contributed by atoms with E-state index in [1.807, 2.05) is 6.07 Å². The van der Waals surface area contributed by atoms with Crippen LogP contribution in [0.5, 0.6) is 0 Å². The van der Waals surface area contributed by atoms with E-state index in [4.69, 9.17) is 10.00 Å². The van der Waals surface area contributed by atoms with Crippen LogP contribution in [0, 0.1) is 17.2 Å². The van der Waals surface area contributed by atoms with Crippen LogP contribution in [-0.4, -0.2) is 12.5 Å². The third-order valence-electron chi connectivity index (χ3n) is 2.19. The Morgan fingerprint density at radius 1 is 1.62 bits per heavy atom. The summed E-state index contributed by atoms with van der Waals surface area (Å²) in [6, 6.07) is 2.02. The van der Waals surface area contributed by atoms with Crippen molar-refractivity contribution in [3.8, 4) is 6.07 Å². The maximum atomic E-state index is 11.3. The second-order valence-corrected chi connectivity index (χ2v) is 3.28. The molecule has 13 heavy (non-hydrogen) atoms. The third kappa shape index (κ3) is 1.64. The number of hydrogen-bond acceptors (Lipinski definition) is 3. The Morgan fingerprint density at radius 2 is 2.38 bits per heavy atom. The Labute approximate surface area is 76.2 Å². The van der Waals surface area contributed by atoms with Gasteiger partial charge in [0.05, 0.1) is 12.2 Å². The van der Waals surface area contributed by atoms with Crippen molar-refractivity contribution in [3.63, 3.8) is 0 Å². The van der Waals surface area contributed by atoms with Crippen molar-refractivity contribution < 1.29 is 9.53 Å². The van der Waals surface area contributed by atoms with Gasteiger partial charge in [-0.1, -0.05) is 0 Å². The summed E-state index contributed by atoms with van der Waals surface area (Å²) in [5.74, 6) is 0.515. The van der Waals surface area contributed by atoms with Crippen LogP contribution in [0.3, 0.4) is 0 Å². The highest BCUT2D eigenvalue weighted by atomic mass is 16.5. The van der Waals surface area contributed by atoms with Crippen LogP contribution in [0.15, 0.2) is 11.5 Å². The molecule has 1 aliphatic carbocycles. The highest BCUT2D eigenvalue weighted by molar-refractivity contribution is 5.82. The fourth-order valence-corrected chi connectivity index (χ4v) is 1.23. The molecule has 1 saturated carbocycles. The van der Waals surface area contributed by atoms with Crippen molar-refractivity contribution >= 4 is 5.91 Å². The number of hydrogen-bond donors (Lipinski definition) is 1. The van der Waals surface area contributed by atoms with Crippen molar-refractivity contribution in [2.24, 2.45) is 5.92 Å². The maximum absolute atomic E-state index is 11.3. The number of nitrogens with zero attached hydrogens (tertiary/aromatic N) is 1. The molecule has 1 amide bonds. The quantitative estimate of drug-likeness (QED) is 0.675. The zero-order valence-corrected chi connectivity index (χ0v) is 7.17. The van der Waals surface area contributed by atoms with Gasteiger partial charge in [-0.3, -0.25) is 10.1 Å². The lowest BCUT2D eigenvalue weighted by molar-refractivity contribution is -0.122. The topological polar surface area (TPSA) is 62.1 Å². The lowest BCUT2D eigenvalue weighted by atomic mass is 10.2. The molecule has 68 valence electrons. The van der Waals surface area contributed by atoms with E-state index in [0.29, 0.717) is 24.5 Å². The van der Waals surface area contributed by atoms with Crippen molar-refractivity contribution in [2.75, 3.05) is 6.61 Å². The molecule has 0 atom stereocenters. The average Bonchev–Trinajstić information content (AvgIpc) is 2.88. The van der Waals surface area contributed by atoms with Gasteiger partial charge in [-0.25, -0.2) is 0 Å². The monoisotopic (exact) mass is 178 g/mol. The molecule has 4 nitrogen and oxygen atoms in total. The first kappa shape index (κ1) is 8.11. The fraction of sp³-hybridized carbons (Fsp3) is 0.556. The van der Waals surface area contributed by atoms with E-state index in [1.54, 1.807) is 0 Å². The molecule has 1 N–H and O–H groups in total. The maximum Gasteiger partial charge on any atom is 0.229 e. The van der Waals surface area contributed by atoms with Crippen LogP contribution in [0.25, 0.3) is 0 Å². The van der Waals surface area contributed by atoms with E-state index in [0.717, 1.165) is 12.8 Å². The molecule has 0 spiro atoms. The van der Waals surface area contributed by atoms with Gasteiger partial charge in [0.15, 0.2) is 0 Å². The van der Waals surface area contributed by atoms with E-state index in [9.17, 15) is 4.79 Å². The smallest absolute Gasteiger partial charge is 0.229 e. The minimum absolute atomic E-state index is 0.00958. The third-order valence-corrected chi connectivity index (χ3v) is 2.19. The summed E-state index contributed by atoms with van der Waals surface area (Å²) in [6.07, 6.45) is 2.53. The predicted molar refractivity (Wildman–Crippen MR) is 44.1 cm³/mol. The summed E-state index contributed by atoms with van der Waals surface area (Å²) >= 11 is 0. The van der Waals surface area contributed by atoms with Gasteiger partial charge in [0.1, 0.15) is 6.07 Å². The summed E-state index contributed by atoms with van der Waals surface area (Å²) in [5.41, 5.74) is 0.550. The Kier molecular flexibility index (Phi) is 1.93. The molecule has 0 aromatic carbocycles. The van der Waals surface area contributed by atoms with Crippen LogP contribution in [0.1, 0.15) is 19.3 Å². The van der Waals surface area contributed by atoms with E-state index in [2.05, 4.69) is 5.32 Å². The molecular weight excluding hydrogens is 168 g/mol. The second kappa shape index (κ2) is 3.09. The first-order valence-electron chi connectivity index (χ1n) is 4.38. The molecule has 0 aromatic rings. The number of carbonyl (C=O) groups excluding carboxylic acids is 1. The van der Waals surface area contributed by atoms with Crippen LogP contribution in [0.2, 0.25) is 0 Å². The molecule has 1 heterocycles. The van der Waals surface area contributed by atoms with E-state index >= 15 is 0 Å². The molecule has 4 heteroatoms. The number of nitrogens with one attached hydrogen (secondary N) is 1. The Hall–Kier alpha value is -1.50. The highest BCUT2D eigenvalue weighted by Gasteiger charge is 2.31. The van der Waals surface area contributed by atoms with Gasteiger partial charge in [0.2, 0.25) is 11.8 Å². The van der Waals surface area contributed by atoms with Gasteiger partial charge >= 0.3 is 0 Å². The predicted octanol–water partition coefficient (Wildman–Crippen LogP) is 0.668. The fourth-order valence-electron chi connectivity index (χ4n) is 1.23. The van der Waals surface area contributed by atoms with Crippen molar-refractivity contribution in [2.45, 2.75) is 19.3 Å². The summed E-state index contributed by atoms with van der Waals surface area (Å²) in [6.45, 7) is 0.503. The van der Waals surface area contributed by atoms with Crippen molar-refractivity contribution in [1.82, 2.24) is 5.32 Å². The average molecular weight is 178 g/mol. The standard InChI is InChI=1S/C9H10N2O2/c10-5-7-3-4-13-9(7)11-8(12)6-1-2-6/h6H,1-4H2,(H,11,12). The first-order chi connectivity index (χ1) is 6.31. The number of carbonyl (C=O) groups is 1. The lowest BCUT2D eigenvalue weighted by Crippen LogP contribution is -2.24. The lowest BCUT2D eigenvalue weighted by Gasteiger charge is -2.04. The van der Waals surface area contributed by atoms with Gasteiger partial charge in [0, 0.05) is 12.3 Å². The zero-order valence-electron chi connectivity index (χ0n) is 7.17. The van der Waals surface area contributed by atoms with Gasteiger partial charge in [-0.15, -0.1) is 0 Å². The molecule has 1 aliphatic heterocycles. The van der Waals surface area contributed by atoms with Crippen molar-refractivity contribution in [1.29, 1.82) is 5.26 Å². The molecule has 0 bridgehead atoms. The number of rotatable bonds is 2. The van der Waals surface area contributed by atoms with Crippen LogP contribution in [0.4, 0.5) is 0 Å². The molecule has 2 aliphatic rings. The summed E-state index contributed by atoms with van der Waals surface area (Å²) < 4.78 is 5.13. The molecule has 1 fully saturated rings. The minimum atomic E-state index is -0.00958. The number of nitriles is 1. The molecule has 0 unspecified atom stereocenters. The second-order valence-electron chi connectivity index (χ2n) is 3.28. The molecular formula is C9H10N2O2. The summed E-state index contributed by atoms with van der Waals surface area (Å²) in [4.78, 5) is 11.3. The SMILES string of the molecule is N#CC1=C(NC(=O)C2CC2)OCC1. The van der Waals surface area contributed by atoms with E-state index in [-0.39, 0.29) is 11.8 Å². The number of amides is 1. The van der Waals surface area contributed by atoms with Gasteiger partial charge in [0.25, 0.3) is 0 Å². The van der Waals surface area contributed by atoms with Crippen LogP contribution in [-0.2, 0) is 9.53 Å². The van der Waals surface area contributed by atoms with Crippen LogP contribution >= 0.6 is 0 Å². The molecule has 0 saturated heterocycles. The molecule has 0 radical (unpaired) electrons. The molecule has 0 aromatic heterocycles. The van der Waals surface area contributed by atoms with E-state index in [1.165, 1.54) is 0 Å². The van der Waals surface area contributed by atoms with E-state index < -0.39 is 0 Å². The Morgan fingerprint density at radius 3 is 3.00 bits per heavy atom. The first-order valence-corrected chi connectivity index (χ1v) is 4.38.